The lowest BCUT2D eigenvalue weighted by molar-refractivity contribution is 0.0134. The molecule has 6 heteroatoms. The number of nitrogens with zero attached hydrogens (tertiary/aromatic N) is 1. The lowest BCUT2D eigenvalue weighted by Crippen LogP contribution is -2.49. The lowest BCUT2D eigenvalue weighted by atomic mass is 10.0. The fourth-order valence-corrected chi connectivity index (χ4v) is 3.54. The van der Waals surface area contributed by atoms with Gasteiger partial charge in [-0.2, -0.15) is 0 Å². The standard InChI is InChI=1S/C13H28N2O3S/c1-4-9-19(16,17)14-11-13(10-12(2)3)15-5-7-18-8-6-15/h12-14H,4-11H2,1-3H3. The zero-order valence-electron chi connectivity index (χ0n) is 12.4. The Labute approximate surface area is 117 Å². The van der Waals surface area contributed by atoms with Gasteiger partial charge in [-0.15, -0.1) is 0 Å². The molecule has 0 aromatic carbocycles. The van der Waals surface area contributed by atoms with Crippen LogP contribution in [-0.2, 0) is 14.8 Å². The van der Waals surface area contributed by atoms with Crippen LogP contribution in [0.4, 0.5) is 0 Å². The highest BCUT2D eigenvalue weighted by Crippen LogP contribution is 2.13. The zero-order valence-corrected chi connectivity index (χ0v) is 13.2. The Morgan fingerprint density at radius 1 is 1.26 bits per heavy atom. The summed E-state index contributed by atoms with van der Waals surface area (Å²) in [5.41, 5.74) is 0. The first kappa shape index (κ1) is 16.9. The van der Waals surface area contributed by atoms with Crippen molar-refractivity contribution in [1.29, 1.82) is 0 Å². The number of rotatable bonds is 8. The third kappa shape index (κ3) is 6.70. The minimum atomic E-state index is -3.11. The van der Waals surface area contributed by atoms with Gasteiger partial charge in [-0.1, -0.05) is 20.8 Å². The molecule has 0 aromatic heterocycles. The largest absolute Gasteiger partial charge is 0.379 e. The quantitative estimate of drug-likeness (QED) is 0.727. The van der Waals surface area contributed by atoms with Crippen LogP contribution in [0.2, 0.25) is 0 Å². The molecule has 0 saturated carbocycles. The van der Waals surface area contributed by atoms with Gasteiger partial charge in [0.25, 0.3) is 0 Å². The van der Waals surface area contributed by atoms with Crippen LogP contribution >= 0.6 is 0 Å². The van der Waals surface area contributed by atoms with E-state index >= 15 is 0 Å². The molecule has 5 nitrogen and oxygen atoms in total. The van der Waals surface area contributed by atoms with Crippen LogP contribution in [0.25, 0.3) is 0 Å². The van der Waals surface area contributed by atoms with Gasteiger partial charge in [0.2, 0.25) is 10.0 Å². The lowest BCUT2D eigenvalue weighted by Gasteiger charge is -2.35. The molecule has 0 bridgehead atoms. The van der Waals surface area contributed by atoms with Gasteiger partial charge >= 0.3 is 0 Å². The van der Waals surface area contributed by atoms with Crippen LogP contribution in [0.5, 0.6) is 0 Å². The normalized spacial score (nSPS) is 19.8. The maximum Gasteiger partial charge on any atom is 0.211 e. The van der Waals surface area contributed by atoms with E-state index in [0.29, 0.717) is 18.9 Å². The van der Waals surface area contributed by atoms with Gasteiger partial charge in [0.15, 0.2) is 0 Å². The molecule has 0 radical (unpaired) electrons. The second-order valence-electron chi connectivity index (χ2n) is 5.60. The second-order valence-corrected chi connectivity index (χ2v) is 7.53. The van der Waals surface area contributed by atoms with Crippen molar-refractivity contribution in [3.05, 3.63) is 0 Å². The van der Waals surface area contributed by atoms with Crippen LogP contribution in [-0.4, -0.2) is 58.0 Å². The number of nitrogens with one attached hydrogen (secondary N) is 1. The van der Waals surface area contributed by atoms with Crippen molar-refractivity contribution in [3.63, 3.8) is 0 Å². The molecule has 114 valence electrons. The number of hydrogen-bond acceptors (Lipinski definition) is 4. The van der Waals surface area contributed by atoms with E-state index < -0.39 is 10.0 Å². The van der Waals surface area contributed by atoms with Crippen molar-refractivity contribution in [1.82, 2.24) is 9.62 Å². The number of ether oxygens (including phenoxy) is 1. The van der Waals surface area contributed by atoms with Crippen LogP contribution in [0.3, 0.4) is 0 Å². The SMILES string of the molecule is CCCS(=O)(=O)NCC(CC(C)C)N1CCOCC1. The van der Waals surface area contributed by atoms with E-state index in [-0.39, 0.29) is 11.8 Å². The molecule has 0 spiro atoms. The third-order valence-electron chi connectivity index (χ3n) is 3.32. The highest BCUT2D eigenvalue weighted by atomic mass is 32.2. The number of morpholine rings is 1. The van der Waals surface area contributed by atoms with E-state index in [2.05, 4.69) is 23.5 Å². The molecule has 1 aliphatic rings. The average molecular weight is 292 g/mol. The molecular weight excluding hydrogens is 264 g/mol. The van der Waals surface area contributed by atoms with Gasteiger partial charge < -0.3 is 4.74 Å². The molecule has 0 aromatic rings. The van der Waals surface area contributed by atoms with Crippen molar-refractivity contribution in [2.24, 2.45) is 5.92 Å². The molecular formula is C13H28N2O3S. The maximum atomic E-state index is 11.7. The second kappa shape index (κ2) is 8.19. The highest BCUT2D eigenvalue weighted by molar-refractivity contribution is 7.89. The zero-order chi connectivity index (χ0) is 14.3. The maximum absolute atomic E-state index is 11.7. The molecule has 0 amide bonds. The Kier molecular flexibility index (Phi) is 7.28. The van der Waals surface area contributed by atoms with Gasteiger partial charge in [-0.3, -0.25) is 4.90 Å². The molecule has 1 saturated heterocycles. The average Bonchev–Trinajstić information content (AvgIpc) is 2.35. The van der Waals surface area contributed by atoms with Crippen molar-refractivity contribution < 1.29 is 13.2 Å². The van der Waals surface area contributed by atoms with Gasteiger partial charge in [0.05, 0.1) is 19.0 Å². The minimum Gasteiger partial charge on any atom is -0.379 e. The van der Waals surface area contributed by atoms with Crippen molar-refractivity contribution in [3.8, 4) is 0 Å². The summed E-state index contributed by atoms with van der Waals surface area (Å²) in [6, 6.07) is 0.274. The van der Waals surface area contributed by atoms with E-state index in [1.54, 1.807) is 0 Å². The summed E-state index contributed by atoms with van der Waals surface area (Å²) >= 11 is 0. The van der Waals surface area contributed by atoms with E-state index in [9.17, 15) is 8.42 Å². The van der Waals surface area contributed by atoms with Crippen molar-refractivity contribution in [2.75, 3.05) is 38.6 Å². The highest BCUT2D eigenvalue weighted by Gasteiger charge is 2.23. The Morgan fingerprint density at radius 3 is 2.42 bits per heavy atom. The third-order valence-corrected chi connectivity index (χ3v) is 4.87. The molecule has 1 rings (SSSR count). The van der Waals surface area contributed by atoms with E-state index in [1.165, 1.54) is 0 Å². The Balaban J connectivity index is 2.53. The topological polar surface area (TPSA) is 58.6 Å². The van der Waals surface area contributed by atoms with E-state index in [1.807, 2.05) is 6.92 Å². The van der Waals surface area contributed by atoms with Crippen LogP contribution in [0, 0.1) is 5.92 Å². The molecule has 1 N–H and O–H groups in total. The number of hydrogen-bond donors (Lipinski definition) is 1. The molecule has 0 aliphatic carbocycles. The number of sulfonamides is 1. The smallest absolute Gasteiger partial charge is 0.211 e. The summed E-state index contributed by atoms with van der Waals surface area (Å²) in [5, 5.41) is 0. The summed E-state index contributed by atoms with van der Waals surface area (Å²) in [5.74, 6) is 0.772. The first-order valence-corrected chi connectivity index (χ1v) is 8.89. The Hall–Kier alpha value is -0.170. The van der Waals surface area contributed by atoms with Gasteiger partial charge in [0, 0.05) is 25.7 Å². The van der Waals surface area contributed by atoms with Crippen LogP contribution < -0.4 is 4.72 Å². The Bertz CT molecular complexity index is 338. The molecule has 1 aliphatic heterocycles. The van der Waals surface area contributed by atoms with Crippen LogP contribution in [0.15, 0.2) is 0 Å². The van der Waals surface area contributed by atoms with Crippen molar-refractivity contribution in [2.45, 2.75) is 39.7 Å². The van der Waals surface area contributed by atoms with E-state index in [4.69, 9.17) is 4.74 Å². The first-order valence-electron chi connectivity index (χ1n) is 7.23. The molecule has 1 heterocycles. The molecule has 19 heavy (non-hydrogen) atoms. The summed E-state index contributed by atoms with van der Waals surface area (Å²) < 4.78 is 31.6. The molecule has 1 atom stereocenters. The molecule has 1 fully saturated rings. The first-order chi connectivity index (χ1) is 8.94. The van der Waals surface area contributed by atoms with Crippen molar-refractivity contribution >= 4 is 10.0 Å². The fraction of sp³-hybridized carbons (Fsp3) is 1.00. The summed E-state index contributed by atoms with van der Waals surface area (Å²) in [6.45, 7) is 10.0. The van der Waals surface area contributed by atoms with Gasteiger partial charge in [-0.05, 0) is 18.8 Å². The summed E-state index contributed by atoms with van der Waals surface area (Å²) in [4.78, 5) is 2.35. The monoisotopic (exact) mass is 292 g/mol. The Morgan fingerprint density at radius 2 is 1.89 bits per heavy atom. The fourth-order valence-electron chi connectivity index (χ4n) is 2.41. The predicted molar refractivity (Wildman–Crippen MR) is 77.7 cm³/mol. The summed E-state index contributed by atoms with van der Waals surface area (Å²) in [7, 11) is -3.11. The van der Waals surface area contributed by atoms with Gasteiger partial charge in [0.1, 0.15) is 0 Å². The van der Waals surface area contributed by atoms with Crippen LogP contribution in [0.1, 0.15) is 33.6 Å². The summed E-state index contributed by atoms with van der Waals surface area (Å²) in [6.07, 6.45) is 1.66. The molecule has 1 unspecified atom stereocenters. The predicted octanol–water partition coefficient (Wildman–Crippen LogP) is 1.06. The minimum absolute atomic E-state index is 0.213. The van der Waals surface area contributed by atoms with Gasteiger partial charge in [-0.25, -0.2) is 13.1 Å². The van der Waals surface area contributed by atoms with E-state index in [0.717, 1.165) is 32.7 Å².